The summed E-state index contributed by atoms with van der Waals surface area (Å²) < 4.78 is 0. The molecule has 0 aromatic heterocycles. The molecule has 1 aliphatic heterocycles. The van der Waals surface area contributed by atoms with Crippen molar-refractivity contribution < 1.29 is 0 Å². The van der Waals surface area contributed by atoms with Crippen molar-refractivity contribution in [2.45, 2.75) is 13.1 Å². The Kier molecular flexibility index (Phi) is 9.67. The van der Waals surface area contributed by atoms with Gasteiger partial charge in [0.15, 0.2) is 0 Å². The van der Waals surface area contributed by atoms with Gasteiger partial charge in [-0.3, -0.25) is 0 Å². The van der Waals surface area contributed by atoms with Crippen LogP contribution in [0.25, 0.3) is 76.5 Å². The molecule has 0 bridgehead atoms. The van der Waals surface area contributed by atoms with Gasteiger partial charge in [-0.05, 0) is 143 Å². The van der Waals surface area contributed by atoms with E-state index in [4.69, 9.17) is 0 Å². The molecule has 0 aliphatic carbocycles. The van der Waals surface area contributed by atoms with Crippen molar-refractivity contribution in [2.75, 3.05) is 9.80 Å². The standard InChI is InChI=1S/C66H48N2Si/c1-69(2)64-31-17-29-58-60-44-63(68(51-24-10-5-11-25-51)62-30-16-21-48-20-12-13-26-54(48)62)56-28-15-14-27-55(56)59(60)43-61(66(58)64)57-41-36-49(42-65(57)69)47-34-39-53(40-35-47)67(50-22-8-4-9-23-50)52-37-32-46(33-38-52)45-18-6-3-7-19-45/h3-44H,1-2H3. The van der Waals surface area contributed by atoms with Gasteiger partial charge >= 0.3 is 0 Å². The highest BCUT2D eigenvalue weighted by atomic mass is 28.3. The van der Waals surface area contributed by atoms with Crippen molar-refractivity contribution >= 4 is 95.7 Å². The molecular weight excluding hydrogens is 849 g/mol. The van der Waals surface area contributed by atoms with E-state index in [1.165, 1.54) is 98.2 Å². The number of para-hydroxylation sites is 2. The molecule has 2 nitrogen and oxygen atoms in total. The lowest BCUT2D eigenvalue weighted by molar-refractivity contribution is 1.28. The van der Waals surface area contributed by atoms with Crippen LogP contribution in [-0.2, 0) is 0 Å². The summed E-state index contributed by atoms with van der Waals surface area (Å²) in [6.07, 6.45) is 0. The first kappa shape index (κ1) is 40.7. The molecule has 3 heteroatoms. The predicted molar refractivity (Wildman–Crippen MR) is 299 cm³/mol. The average molecular weight is 897 g/mol. The van der Waals surface area contributed by atoms with Crippen LogP contribution in [0.1, 0.15) is 0 Å². The maximum Gasteiger partial charge on any atom is 0.113 e. The molecule has 69 heavy (non-hydrogen) atoms. The zero-order chi connectivity index (χ0) is 46.1. The Morgan fingerprint density at radius 1 is 0.275 bits per heavy atom. The van der Waals surface area contributed by atoms with Crippen LogP contribution in [0.4, 0.5) is 34.1 Å². The Morgan fingerprint density at radius 2 is 0.768 bits per heavy atom. The van der Waals surface area contributed by atoms with Crippen LogP contribution in [-0.4, -0.2) is 8.07 Å². The second kappa shape index (κ2) is 16.4. The number of fused-ring (bicyclic) bond motifs is 7. The third-order valence-corrected chi connectivity index (χ3v) is 18.1. The van der Waals surface area contributed by atoms with E-state index >= 15 is 0 Å². The number of anilines is 6. The van der Waals surface area contributed by atoms with E-state index in [1.807, 2.05) is 0 Å². The summed E-state index contributed by atoms with van der Waals surface area (Å²) in [6.45, 7) is 5.09. The lowest BCUT2D eigenvalue weighted by Crippen LogP contribution is -2.55. The Bertz CT molecular complexity index is 3900. The first-order valence-corrected chi connectivity index (χ1v) is 27.0. The van der Waals surface area contributed by atoms with Crippen molar-refractivity contribution in [3.8, 4) is 33.4 Å². The van der Waals surface area contributed by atoms with Crippen LogP contribution in [0.3, 0.4) is 0 Å². The first-order chi connectivity index (χ1) is 34.0. The van der Waals surface area contributed by atoms with Crippen molar-refractivity contribution in [2.24, 2.45) is 0 Å². The second-order valence-electron chi connectivity index (χ2n) is 18.9. The molecule has 0 amide bonds. The zero-order valence-electron chi connectivity index (χ0n) is 38.6. The maximum atomic E-state index is 2.55. The quantitative estimate of drug-likeness (QED) is 0.111. The highest BCUT2D eigenvalue weighted by Crippen LogP contribution is 2.48. The highest BCUT2D eigenvalue weighted by Gasteiger charge is 2.36. The summed E-state index contributed by atoms with van der Waals surface area (Å²) in [6, 6.07) is 94.0. The molecule has 13 rings (SSSR count). The zero-order valence-corrected chi connectivity index (χ0v) is 39.6. The number of nitrogens with zero attached hydrogens (tertiary/aromatic N) is 2. The molecular formula is C66H48N2Si. The average Bonchev–Trinajstić information content (AvgIpc) is 3.41. The molecule has 0 saturated heterocycles. The minimum atomic E-state index is -2.20. The summed E-state index contributed by atoms with van der Waals surface area (Å²) in [7, 11) is -2.20. The van der Waals surface area contributed by atoms with Gasteiger partial charge in [-0.25, -0.2) is 0 Å². The van der Waals surface area contributed by atoms with Gasteiger partial charge in [0.2, 0.25) is 0 Å². The van der Waals surface area contributed by atoms with E-state index in [2.05, 4.69) is 278 Å². The van der Waals surface area contributed by atoms with E-state index < -0.39 is 8.07 Å². The van der Waals surface area contributed by atoms with E-state index in [0.717, 1.165) is 22.7 Å². The summed E-state index contributed by atoms with van der Waals surface area (Å²) in [4.78, 5) is 4.82. The van der Waals surface area contributed by atoms with E-state index in [-0.39, 0.29) is 0 Å². The summed E-state index contributed by atoms with van der Waals surface area (Å²) in [5.74, 6) is 0. The molecule has 0 saturated carbocycles. The van der Waals surface area contributed by atoms with Crippen LogP contribution in [0.5, 0.6) is 0 Å². The van der Waals surface area contributed by atoms with Crippen LogP contribution in [0.2, 0.25) is 13.1 Å². The van der Waals surface area contributed by atoms with Crippen LogP contribution in [0.15, 0.2) is 255 Å². The largest absolute Gasteiger partial charge is 0.311 e. The molecule has 0 spiro atoms. The Balaban J connectivity index is 0.935. The fourth-order valence-electron chi connectivity index (χ4n) is 11.2. The molecule has 0 unspecified atom stereocenters. The monoisotopic (exact) mass is 896 g/mol. The third-order valence-electron chi connectivity index (χ3n) is 14.6. The van der Waals surface area contributed by atoms with Gasteiger partial charge < -0.3 is 9.80 Å². The third kappa shape index (κ3) is 6.77. The number of hydrogen-bond acceptors (Lipinski definition) is 2. The lowest BCUT2D eigenvalue weighted by Gasteiger charge is -2.35. The van der Waals surface area contributed by atoms with Crippen molar-refractivity contribution in [1.82, 2.24) is 0 Å². The number of benzene rings is 12. The Morgan fingerprint density at radius 3 is 1.46 bits per heavy atom. The molecule has 12 aromatic rings. The fraction of sp³-hybridized carbons (Fsp3) is 0.0303. The van der Waals surface area contributed by atoms with E-state index in [1.54, 1.807) is 0 Å². The molecule has 0 N–H and O–H groups in total. The molecule has 326 valence electrons. The molecule has 1 aliphatic rings. The Labute approximate surface area is 404 Å². The van der Waals surface area contributed by atoms with Gasteiger partial charge in [-0.1, -0.05) is 201 Å². The van der Waals surface area contributed by atoms with Gasteiger partial charge in [-0.2, -0.15) is 0 Å². The smallest absolute Gasteiger partial charge is 0.113 e. The molecule has 0 atom stereocenters. The minimum Gasteiger partial charge on any atom is -0.311 e. The van der Waals surface area contributed by atoms with E-state index in [9.17, 15) is 0 Å². The normalized spacial score (nSPS) is 12.6. The van der Waals surface area contributed by atoms with Gasteiger partial charge in [0.05, 0.1) is 11.4 Å². The topological polar surface area (TPSA) is 6.48 Å². The van der Waals surface area contributed by atoms with Crippen LogP contribution in [0, 0.1) is 0 Å². The minimum absolute atomic E-state index is 1.12. The molecule has 12 aromatic carbocycles. The molecule has 1 heterocycles. The van der Waals surface area contributed by atoms with Gasteiger partial charge in [-0.15, -0.1) is 0 Å². The van der Waals surface area contributed by atoms with Crippen molar-refractivity contribution in [1.29, 1.82) is 0 Å². The Hall–Kier alpha value is -8.50. The fourth-order valence-corrected chi connectivity index (χ4v) is 14.3. The van der Waals surface area contributed by atoms with E-state index in [0.29, 0.717) is 0 Å². The van der Waals surface area contributed by atoms with Crippen molar-refractivity contribution in [3.63, 3.8) is 0 Å². The molecule has 0 fully saturated rings. The first-order valence-electron chi connectivity index (χ1n) is 24.0. The summed E-state index contributed by atoms with van der Waals surface area (Å²) in [5.41, 5.74) is 14.4. The number of hydrogen-bond donors (Lipinski definition) is 0. The SMILES string of the molecule is C[Si]1(C)c2cc(-c3ccc(N(c4ccccc4)c4ccc(-c5ccccc5)cc4)cc3)ccc2-c2cc3c4ccccc4c(N(c4ccccc4)c4cccc5ccccc45)cc3c3cccc1c23. The van der Waals surface area contributed by atoms with Gasteiger partial charge in [0.1, 0.15) is 8.07 Å². The van der Waals surface area contributed by atoms with Gasteiger partial charge in [0.25, 0.3) is 0 Å². The van der Waals surface area contributed by atoms with Crippen molar-refractivity contribution in [3.05, 3.63) is 255 Å². The highest BCUT2D eigenvalue weighted by molar-refractivity contribution is 7.03. The lowest BCUT2D eigenvalue weighted by atomic mass is 9.89. The predicted octanol–water partition coefficient (Wildman–Crippen LogP) is 17.4. The second-order valence-corrected chi connectivity index (χ2v) is 23.2. The van der Waals surface area contributed by atoms with Crippen LogP contribution < -0.4 is 20.2 Å². The number of rotatable bonds is 8. The molecule has 0 radical (unpaired) electrons. The summed E-state index contributed by atoms with van der Waals surface area (Å²) in [5, 5.41) is 13.2. The maximum absolute atomic E-state index is 2.55. The van der Waals surface area contributed by atoms with Gasteiger partial charge in [0, 0.05) is 33.5 Å². The summed E-state index contributed by atoms with van der Waals surface area (Å²) >= 11 is 0. The van der Waals surface area contributed by atoms with Crippen LogP contribution >= 0.6 is 0 Å².